The highest BCUT2D eigenvalue weighted by Crippen LogP contribution is 2.36. The molecule has 4 nitrogen and oxygen atoms in total. The summed E-state index contributed by atoms with van der Waals surface area (Å²) in [6.07, 6.45) is 1.79. The number of hydrogen-bond acceptors (Lipinski definition) is 6. The Hall–Kier alpha value is -1.21. The first-order valence-corrected chi connectivity index (χ1v) is 7.68. The van der Waals surface area contributed by atoms with Gasteiger partial charge in [-0.2, -0.15) is 0 Å². The first-order chi connectivity index (χ1) is 9.36. The summed E-state index contributed by atoms with van der Waals surface area (Å²) in [5.41, 5.74) is 0. The van der Waals surface area contributed by atoms with Gasteiger partial charge in [-0.3, -0.25) is 0 Å². The molecule has 0 fully saturated rings. The topological polar surface area (TPSA) is 47.3 Å². The lowest BCUT2D eigenvalue weighted by molar-refractivity contribution is 0.198. The van der Waals surface area contributed by atoms with Gasteiger partial charge in [-0.1, -0.05) is 0 Å². The van der Waals surface area contributed by atoms with Crippen LogP contribution in [0.3, 0.4) is 0 Å². The number of ether oxygens (including phenoxy) is 1. The van der Waals surface area contributed by atoms with Crippen LogP contribution in [0.5, 0.6) is 0 Å². The van der Waals surface area contributed by atoms with Crippen molar-refractivity contribution in [3.05, 3.63) is 29.6 Å². The number of methoxy groups -OCH3 is 1. The molecule has 0 atom stereocenters. The van der Waals surface area contributed by atoms with Crippen LogP contribution in [-0.4, -0.2) is 25.2 Å². The van der Waals surface area contributed by atoms with Crippen molar-refractivity contribution in [3.8, 4) is 10.6 Å². The van der Waals surface area contributed by atoms with Gasteiger partial charge in [0.2, 0.25) is 5.89 Å². The maximum atomic E-state index is 5.75. The van der Waals surface area contributed by atoms with Crippen LogP contribution in [0.1, 0.15) is 5.89 Å². The van der Waals surface area contributed by atoms with E-state index >= 15 is 0 Å². The van der Waals surface area contributed by atoms with Crippen LogP contribution in [0, 0.1) is 0 Å². The van der Waals surface area contributed by atoms with Crippen LogP contribution < -0.4 is 5.32 Å². The molecule has 0 aromatic carbocycles. The molecule has 3 heterocycles. The monoisotopic (exact) mass is 294 g/mol. The molecule has 3 rings (SSSR count). The third-order valence-corrected chi connectivity index (χ3v) is 4.80. The van der Waals surface area contributed by atoms with Gasteiger partial charge in [0.05, 0.1) is 24.2 Å². The molecule has 0 radical (unpaired) electrons. The molecular formula is C13H14N2O2S2. The van der Waals surface area contributed by atoms with E-state index in [2.05, 4.69) is 27.8 Å². The van der Waals surface area contributed by atoms with Gasteiger partial charge in [0.1, 0.15) is 0 Å². The lowest BCUT2D eigenvalue weighted by atomic mass is 10.4. The Balaban J connectivity index is 1.68. The number of hydrogen-bond donors (Lipinski definition) is 1. The van der Waals surface area contributed by atoms with Gasteiger partial charge in [-0.05, 0) is 17.5 Å². The van der Waals surface area contributed by atoms with Crippen LogP contribution in [0.15, 0.2) is 28.1 Å². The summed E-state index contributed by atoms with van der Waals surface area (Å²) in [7, 11) is 1.69. The van der Waals surface area contributed by atoms with Gasteiger partial charge in [-0.15, -0.1) is 22.7 Å². The summed E-state index contributed by atoms with van der Waals surface area (Å²) in [6, 6.07) is 4.30. The second kappa shape index (κ2) is 5.83. The molecular weight excluding hydrogens is 280 g/mol. The van der Waals surface area contributed by atoms with E-state index in [1.54, 1.807) is 36.0 Å². The molecule has 3 aromatic heterocycles. The number of nitrogens with one attached hydrogen (secondary N) is 1. The first kappa shape index (κ1) is 12.8. The maximum absolute atomic E-state index is 5.75. The van der Waals surface area contributed by atoms with Gasteiger partial charge < -0.3 is 14.5 Å². The van der Waals surface area contributed by atoms with Crippen molar-refractivity contribution in [2.75, 3.05) is 20.3 Å². The normalized spacial score (nSPS) is 11.4. The number of oxazole rings is 1. The molecule has 0 aliphatic carbocycles. The quantitative estimate of drug-likeness (QED) is 0.708. The summed E-state index contributed by atoms with van der Waals surface area (Å²) in [6.45, 7) is 2.11. The van der Waals surface area contributed by atoms with E-state index in [-0.39, 0.29) is 0 Å². The van der Waals surface area contributed by atoms with Crippen molar-refractivity contribution in [1.82, 2.24) is 10.3 Å². The zero-order chi connectivity index (χ0) is 13.1. The van der Waals surface area contributed by atoms with E-state index in [1.807, 2.05) is 0 Å². The molecule has 19 heavy (non-hydrogen) atoms. The standard InChI is InChI=1S/C13H14N2O2S2/c1-16-4-3-14-8-13-15-7-9(17-13)11-6-12-10(19-11)2-5-18-12/h2,5-7,14H,3-4,8H2,1H3. The Morgan fingerprint density at radius 1 is 1.42 bits per heavy atom. The molecule has 6 heteroatoms. The molecule has 0 saturated heterocycles. The summed E-state index contributed by atoms with van der Waals surface area (Å²) in [4.78, 5) is 5.42. The van der Waals surface area contributed by atoms with Crippen LogP contribution >= 0.6 is 22.7 Å². The van der Waals surface area contributed by atoms with Crippen molar-refractivity contribution in [2.45, 2.75) is 6.54 Å². The second-order valence-electron chi connectivity index (χ2n) is 4.05. The summed E-state index contributed by atoms with van der Waals surface area (Å²) in [5.74, 6) is 1.56. The fourth-order valence-electron chi connectivity index (χ4n) is 1.76. The van der Waals surface area contributed by atoms with E-state index in [0.29, 0.717) is 19.0 Å². The van der Waals surface area contributed by atoms with Gasteiger partial charge in [0, 0.05) is 23.1 Å². The van der Waals surface area contributed by atoms with Crippen LogP contribution in [0.25, 0.3) is 20.0 Å². The van der Waals surface area contributed by atoms with E-state index in [0.717, 1.165) is 17.2 Å². The molecule has 100 valence electrons. The molecule has 3 aromatic rings. The van der Waals surface area contributed by atoms with Crippen molar-refractivity contribution in [1.29, 1.82) is 0 Å². The maximum Gasteiger partial charge on any atom is 0.208 e. The minimum atomic E-state index is 0.628. The Morgan fingerprint density at radius 3 is 3.21 bits per heavy atom. The SMILES string of the molecule is COCCNCc1ncc(-c2cc3sccc3s2)o1. The molecule has 0 amide bonds. The number of fused-ring (bicyclic) bond motifs is 1. The lowest BCUT2D eigenvalue weighted by Gasteiger charge is -1.99. The van der Waals surface area contributed by atoms with Crippen molar-refractivity contribution >= 4 is 32.1 Å². The lowest BCUT2D eigenvalue weighted by Crippen LogP contribution is -2.18. The molecule has 0 aliphatic rings. The highest BCUT2D eigenvalue weighted by atomic mass is 32.1. The number of aromatic nitrogens is 1. The third kappa shape index (κ3) is 2.87. The van der Waals surface area contributed by atoms with Crippen LogP contribution in [0.4, 0.5) is 0 Å². The summed E-state index contributed by atoms with van der Waals surface area (Å²) < 4.78 is 13.3. The minimum absolute atomic E-state index is 0.628. The number of thiophene rings is 2. The summed E-state index contributed by atoms with van der Waals surface area (Å²) >= 11 is 3.49. The highest BCUT2D eigenvalue weighted by Gasteiger charge is 2.10. The van der Waals surface area contributed by atoms with E-state index in [1.165, 1.54) is 9.40 Å². The predicted molar refractivity (Wildman–Crippen MR) is 78.8 cm³/mol. The van der Waals surface area contributed by atoms with Gasteiger partial charge in [0.15, 0.2) is 5.76 Å². The zero-order valence-corrected chi connectivity index (χ0v) is 12.1. The molecule has 0 bridgehead atoms. The average Bonchev–Trinajstić information content (AvgIpc) is 3.08. The number of rotatable bonds is 6. The van der Waals surface area contributed by atoms with E-state index in [9.17, 15) is 0 Å². The molecule has 0 unspecified atom stereocenters. The smallest absolute Gasteiger partial charge is 0.208 e. The van der Waals surface area contributed by atoms with E-state index in [4.69, 9.17) is 9.15 Å². The predicted octanol–water partition coefficient (Wildman–Crippen LogP) is 3.35. The largest absolute Gasteiger partial charge is 0.438 e. The third-order valence-electron chi connectivity index (χ3n) is 2.69. The van der Waals surface area contributed by atoms with Gasteiger partial charge >= 0.3 is 0 Å². The fourth-order valence-corrected chi connectivity index (χ4v) is 3.82. The Morgan fingerprint density at radius 2 is 2.37 bits per heavy atom. The van der Waals surface area contributed by atoms with Gasteiger partial charge in [0.25, 0.3) is 0 Å². The van der Waals surface area contributed by atoms with Crippen LogP contribution in [-0.2, 0) is 11.3 Å². The Kier molecular flexibility index (Phi) is 3.93. The van der Waals surface area contributed by atoms with E-state index < -0.39 is 0 Å². The highest BCUT2D eigenvalue weighted by molar-refractivity contribution is 7.28. The van der Waals surface area contributed by atoms with Crippen molar-refractivity contribution in [2.24, 2.45) is 0 Å². The Bertz CT molecular complexity index is 628. The molecule has 0 saturated carbocycles. The summed E-state index contributed by atoms with van der Waals surface area (Å²) in [5, 5.41) is 5.32. The number of nitrogens with zero attached hydrogens (tertiary/aromatic N) is 1. The van der Waals surface area contributed by atoms with Crippen molar-refractivity contribution in [3.63, 3.8) is 0 Å². The minimum Gasteiger partial charge on any atom is -0.438 e. The zero-order valence-electron chi connectivity index (χ0n) is 10.5. The molecule has 1 N–H and O–H groups in total. The fraction of sp³-hybridized carbons (Fsp3) is 0.308. The Labute approximate surface area is 119 Å². The van der Waals surface area contributed by atoms with Crippen LogP contribution in [0.2, 0.25) is 0 Å². The first-order valence-electron chi connectivity index (χ1n) is 5.98. The molecule has 0 aliphatic heterocycles. The second-order valence-corrected chi connectivity index (χ2v) is 6.08. The van der Waals surface area contributed by atoms with Gasteiger partial charge in [-0.25, -0.2) is 4.98 Å². The van der Waals surface area contributed by atoms with Crippen molar-refractivity contribution < 1.29 is 9.15 Å². The molecule has 0 spiro atoms. The average molecular weight is 294 g/mol.